The zero-order chi connectivity index (χ0) is 18.7. The first-order valence-electron chi connectivity index (χ1n) is 10.2. The highest BCUT2D eigenvalue weighted by molar-refractivity contribution is 5.77. The molecule has 1 aromatic heterocycles. The van der Waals surface area contributed by atoms with Gasteiger partial charge in [-0.1, -0.05) is 0 Å². The number of piperidine rings is 1. The Kier molecular flexibility index (Phi) is 5.59. The van der Waals surface area contributed by atoms with E-state index in [1.54, 1.807) is 6.20 Å². The van der Waals surface area contributed by atoms with Crippen molar-refractivity contribution in [3.05, 3.63) is 18.1 Å². The van der Waals surface area contributed by atoms with E-state index in [1.165, 1.54) is 6.42 Å². The molecule has 1 spiro atoms. The summed E-state index contributed by atoms with van der Waals surface area (Å²) in [6.45, 7) is 6.47. The minimum absolute atomic E-state index is 0.193. The first-order chi connectivity index (χ1) is 13.1. The number of hydrogen-bond donors (Lipinski definition) is 0. The molecule has 3 saturated heterocycles. The summed E-state index contributed by atoms with van der Waals surface area (Å²) in [5.74, 6) is 1.13. The van der Waals surface area contributed by atoms with Gasteiger partial charge in [-0.15, -0.1) is 0 Å². The lowest BCUT2D eigenvalue weighted by atomic mass is 9.87. The second-order valence-corrected chi connectivity index (χ2v) is 8.04. The van der Waals surface area contributed by atoms with E-state index in [4.69, 9.17) is 9.47 Å². The molecule has 7 heteroatoms. The molecule has 0 aromatic carbocycles. The summed E-state index contributed by atoms with van der Waals surface area (Å²) >= 11 is 0. The number of amides is 1. The molecule has 3 aliphatic heterocycles. The van der Waals surface area contributed by atoms with Crippen LogP contribution in [0.5, 0.6) is 0 Å². The lowest BCUT2D eigenvalue weighted by Crippen LogP contribution is -2.48. The summed E-state index contributed by atoms with van der Waals surface area (Å²) in [6.07, 6.45) is 9.35. The zero-order valence-electron chi connectivity index (χ0n) is 16.2. The molecule has 4 rings (SSSR count). The first-order valence-corrected chi connectivity index (χ1v) is 10.2. The molecule has 1 unspecified atom stereocenters. The van der Waals surface area contributed by atoms with Gasteiger partial charge in [0.05, 0.1) is 36.6 Å². The summed E-state index contributed by atoms with van der Waals surface area (Å²) in [4.78, 5) is 25.9. The summed E-state index contributed by atoms with van der Waals surface area (Å²) in [7, 11) is 0. The maximum Gasteiger partial charge on any atom is 0.225 e. The molecule has 4 heterocycles. The van der Waals surface area contributed by atoms with Crippen molar-refractivity contribution >= 4 is 11.7 Å². The molecule has 27 heavy (non-hydrogen) atoms. The van der Waals surface area contributed by atoms with Gasteiger partial charge in [-0.2, -0.15) is 0 Å². The van der Waals surface area contributed by atoms with Gasteiger partial charge in [0.15, 0.2) is 0 Å². The molecule has 1 aromatic rings. The normalized spacial score (nSPS) is 26.3. The monoisotopic (exact) mass is 374 g/mol. The van der Waals surface area contributed by atoms with Crippen LogP contribution in [0.2, 0.25) is 0 Å². The van der Waals surface area contributed by atoms with Gasteiger partial charge in [-0.3, -0.25) is 9.78 Å². The Morgan fingerprint density at radius 3 is 2.78 bits per heavy atom. The quantitative estimate of drug-likeness (QED) is 0.806. The van der Waals surface area contributed by atoms with Gasteiger partial charge >= 0.3 is 0 Å². The van der Waals surface area contributed by atoms with Crippen LogP contribution in [0.3, 0.4) is 0 Å². The number of rotatable bonds is 3. The molecule has 1 amide bonds. The number of hydrogen-bond acceptors (Lipinski definition) is 6. The molecule has 0 bridgehead atoms. The predicted molar refractivity (Wildman–Crippen MR) is 102 cm³/mol. The Hall–Kier alpha value is -1.73. The molecule has 1 atom stereocenters. The Morgan fingerprint density at radius 2 is 2.04 bits per heavy atom. The second kappa shape index (κ2) is 8.10. The fourth-order valence-electron chi connectivity index (χ4n) is 4.39. The van der Waals surface area contributed by atoms with E-state index in [1.807, 2.05) is 18.0 Å². The van der Waals surface area contributed by atoms with Gasteiger partial charge < -0.3 is 19.3 Å². The van der Waals surface area contributed by atoms with Gasteiger partial charge in [-0.25, -0.2) is 4.98 Å². The summed E-state index contributed by atoms with van der Waals surface area (Å²) in [6, 6.07) is 0. The molecule has 3 fully saturated rings. The van der Waals surface area contributed by atoms with Crippen LogP contribution < -0.4 is 4.90 Å². The van der Waals surface area contributed by atoms with E-state index in [9.17, 15) is 4.79 Å². The standard InChI is InChI=1S/C20H30N4O3/c1-16-13-21-14-18(22-16)23-7-5-20(6-8-23)12-19(25)24(9-11-27-20)15-17-4-2-3-10-26-17/h13-14,17H,2-12,15H2,1H3. The summed E-state index contributed by atoms with van der Waals surface area (Å²) < 4.78 is 12.1. The van der Waals surface area contributed by atoms with Crippen molar-refractivity contribution in [3.8, 4) is 0 Å². The van der Waals surface area contributed by atoms with Crippen molar-refractivity contribution in [2.45, 2.75) is 57.2 Å². The van der Waals surface area contributed by atoms with Gasteiger partial charge in [0, 0.05) is 39.0 Å². The van der Waals surface area contributed by atoms with E-state index >= 15 is 0 Å². The third kappa shape index (κ3) is 4.41. The summed E-state index contributed by atoms with van der Waals surface area (Å²) in [5.41, 5.74) is 0.599. The number of aryl methyl sites for hydroxylation is 1. The van der Waals surface area contributed by atoms with E-state index < -0.39 is 0 Å². The Labute approximate surface area is 161 Å². The zero-order valence-corrected chi connectivity index (χ0v) is 16.2. The molecule has 0 aliphatic carbocycles. The Bertz CT molecular complexity index is 654. The van der Waals surface area contributed by atoms with Crippen molar-refractivity contribution in [1.29, 1.82) is 0 Å². The van der Waals surface area contributed by atoms with Crippen molar-refractivity contribution in [2.24, 2.45) is 0 Å². The fraction of sp³-hybridized carbons (Fsp3) is 0.750. The number of carbonyl (C=O) groups is 1. The van der Waals surface area contributed by atoms with Gasteiger partial charge in [-0.05, 0) is 39.0 Å². The molecule has 3 aliphatic rings. The largest absolute Gasteiger partial charge is 0.376 e. The molecule has 7 nitrogen and oxygen atoms in total. The first kappa shape index (κ1) is 18.6. The van der Waals surface area contributed by atoms with Crippen LogP contribution in [0.25, 0.3) is 0 Å². The van der Waals surface area contributed by atoms with E-state index in [0.717, 1.165) is 56.9 Å². The minimum atomic E-state index is -0.326. The lowest BCUT2D eigenvalue weighted by molar-refractivity contribution is -0.136. The van der Waals surface area contributed by atoms with Crippen molar-refractivity contribution < 1.29 is 14.3 Å². The Morgan fingerprint density at radius 1 is 1.19 bits per heavy atom. The molecule has 0 radical (unpaired) electrons. The highest BCUT2D eigenvalue weighted by Crippen LogP contribution is 2.33. The smallest absolute Gasteiger partial charge is 0.225 e. The average Bonchev–Trinajstić information content (AvgIpc) is 2.82. The molecule has 0 saturated carbocycles. The maximum atomic E-state index is 12.9. The van der Waals surface area contributed by atoms with Crippen LogP contribution in [0, 0.1) is 6.92 Å². The van der Waals surface area contributed by atoms with Crippen molar-refractivity contribution in [1.82, 2.24) is 14.9 Å². The van der Waals surface area contributed by atoms with Crippen LogP contribution in [0.15, 0.2) is 12.4 Å². The van der Waals surface area contributed by atoms with Crippen LogP contribution in [-0.2, 0) is 14.3 Å². The van der Waals surface area contributed by atoms with E-state index in [2.05, 4.69) is 14.9 Å². The molecular weight excluding hydrogens is 344 g/mol. The second-order valence-electron chi connectivity index (χ2n) is 8.04. The van der Waals surface area contributed by atoms with Crippen LogP contribution in [-0.4, -0.2) is 71.9 Å². The number of anilines is 1. The highest BCUT2D eigenvalue weighted by Gasteiger charge is 2.41. The van der Waals surface area contributed by atoms with E-state index in [-0.39, 0.29) is 17.6 Å². The predicted octanol–water partition coefficient (Wildman–Crippen LogP) is 1.94. The van der Waals surface area contributed by atoms with E-state index in [0.29, 0.717) is 26.1 Å². The van der Waals surface area contributed by atoms with Crippen molar-refractivity contribution in [3.63, 3.8) is 0 Å². The third-order valence-electron chi connectivity index (χ3n) is 6.03. The van der Waals surface area contributed by atoms with Crippen LogP contribution in [0.1, 0.15) is 44.2 Å². The lowest BCUT2D eigenvalue weighted by Gasteiger charge is -2.40. The van der Waals surface area contributed by atoms with Crippen molar-refractivity contribution in [2.75, 3.05) is 44.3 Å². The average molecular weight is 374 g/mol. The SMILES string of the molecule is Cc1cncc(N2CCC3(CC2)CC(=O)N(CC2CCCCO2)CCO3)n1. The van der Waals surface area contributed by atoms with Gasteiger partial charge in [0.25, 0.3) is 0 Å². The highest BCUT2D eigenvalue weighted by atomic mass is 16.5. The minimum Gasteiger partial charge on any atom is -0.376 e. The third-order valence-corrected chi connectivity index (χ3v) is 6.03. The van der Waals surface area contributed by atoms with Crippen LogP contribution >= 0.6 is 0 Å². The summed E-state index contributed by atoms with van der Waals surface area (Å²) in [5, 5.41) is 0. The number of nitrogens with zero attached hydrogens (tertiary/aromatic N) is 4. The Balaban J connectivity index is 1.35. The topological polar surface area (TPSA) is 67.8 Å². The molecular formula is C20H30N4O3. The van der Waals surface area contributed by atoms with Crippen LogP contribution in [0.4, 0.5) is 5.82 Å². The maximum absolute atomic E-state index is 12.9. The molecule has 0 N–H and O–H groups in total. The number of carbonyl (C=O) groups excluding carboxylic acids is 1. The fourth-order valence-corrected chi connectivity index (χ4v) is 4.39. The van der Waals surface area contributed by atoms with Gasteiger partial charge in [0.1, 0.15) is 5.82 Å². The number of aromatic nitrogens is 2. The molecule has 148 valence electrons. The number of ether oxygens (including phenoxy) is 2. The van der Waals surface area contributed by atoms with Gasteiger partial charge in [0.2, 0.25) is 5.91 Å².